The summed E-state index contributed by atoms with van der Waals surface area (Å²) in [5.74, 6) is 0.541. The van der Waals surface area contributed by atoms with E-state index in [4.69, 9.17) is 0 Å². The third-order valence-corrected chi connectivity index (χ3v) is 5.48. The molecule has 1 aliphatic rings. The summed E-state index contributed by atoms with van der Waals surface area (Å²) < 4.78 is 1.77. The average molecular weight is 318 g/mol. The molecule has 1 aliphatic heterocycles. The Balaban J connectivity index is 1.63. The van der Waals surface area contributed by atoms with Gasteiger partial charge in [-0.3, -0.25) is 9.36 Å². The summed E-state index contributed by atoms with van der Waals surface area (Å²) in [4.78, 5) is 23.5. The summed E-state index contributed by atoms with van der Waals surface area (Å²) in [6.07, 6.45) is 3.89. The topological polar surface area (TPSA) is 51.0 Å². The Morgan fingerprint density at radius 1 is 1.27 bits per heavy atom. The van der Waals surface area contributed by atoms with E-state index in [2.05, 4.69) is 20.2 Å². The van der Waals surface area contributed by atoms with E-state index in [1.54, 1.807) is 22.2 Å². The lowest BCUT2D eigenvalue weighted by atomic mass is 9.97. The van der Waals surface area contributed by atoms with E-state index in [0.717, 1.165) is 54.6 Å². The molecule has 0 atom stereocenters. The van der Waals surface area contributed by atoms with Crippen molar-refractivity contribution in [1.29, 1.82) is 0 Å². The molecule has 0 radical (unpaired) electrons. The normalized spacial score (nSPS) is 16.2. The van der Waals surface area contributed by atoms with Gasteiger partial charge in [-0.15, -0.1) is 11.3 Å². The minimum absolute atomic E-state index is 0.102. The second kappa shape index (κ2) is 6.20. The first-order chi connectivity index (χ1) is 10.5. The van der Waals surface area contributed by atoms with Crippen molar-refractivity contribution in [2.75, 3.05) is 18.0 Å². The first-order valence-corrected chi connectivity index (χ1v) is 8.62. The number of hydrogen-bond acceptors (Lipinski definition) is 5. The lowest BCUT2D eigenvalue weighted by Gasteiger charge is -2.32. The van der Waals surface area contributed by atoms with Gasteiger partial charge in [-0.25, -0.2) is 9.97 Å². The molecule has 6 heteroatoms. The molecule has 5 nitrogen and oxygen atoms in total. The van der Waals surface area contributed by atoms with Gasteiger partial charge in [0, 0.05) is 36.3 Å². The highest BCUT2D eigenvalue weighted by atomic mass is 32.1. The van der Waals surface area contributed by atoms with Crippen LogP contribution in [0.1, 0.15) is 29.8 Å². The number of anilines is 1. The third kappa shape index (κ3) is 3.06. The molecule has 2 aromatic heterocycles. The largest absolute Gasteiger partial charge is 0.348 e. The van der Waals surface area contributed by atoms with Crippen molar-refractivity contribution in [3.8, 4) is 0 Å². The number of rotatable bonds is 3. The van der Waals surface area contributed by atoms with Crippen molar-refractivity contribution in [1.82, 2.24) is 14.5 Å². The lowest BCUT2D eigenvalue weighted by molar-refractivity contribution is 0.350. The maximum atomic E-state index is 12.3. The van der Waals surface area contributed by atoms with Crippen molar-refractivity contribution >= 4 is 16.5 Å². The smallest absolute Gasteiger partial charge is 0.256 e. The molecule has 118 valence electrons. The highest BCUT2D eigenvalue weighted by Crippen LogP contribution is 2.26. The van der Waals surface area contributed by atoms with Crippen LogP contribution in [0.5, 0.6) is 0 Å². The second-order valence-corrected chi connectivity index (χ2v) is 6.95. The van der Waals surface area contributed by atoms with E-state index in [-0.39, 0.29) is 5.56 Å². The Morgan fingerprint density at radius 3 is 2.64 bits per heavy atom. The van der Waals surface area contributed by atoms with Crippen LogP contribution in [0.4, 0.5) is 5.13 Å². The van der Waals surface area contributed by atoms with Gasteiger partial charge in [0.25, 0.3) is 5.56 Å². The molecule has 0 aliphatic carbocycles. The summed E-state index contributed by atoms with van der Waals surface area (Å²) >= 11 is 1.72. The zero-order valence-electron chi connectivity index (χ0n) is 13.4. The predicted octanol–water partition coefficient (Wildman–Crippen LogP) is 2.54. The molecule has 0 amide bonds. The monoisotopic (exact) mass is 318 g/mol. The van der Waals surface area contributed by atoms with Gasteiger partial charge in [0.15, 0.2) is 5.13 Å². The fourth-order valence-electron chi connectivity index (χ4n) is 2.88. The number of hydrogen-bond donors (Lipinski definition) is 0. The van der Waals surface area contributed by atoms with E-state index < -0.39 is 0 Å². The van der Waals surface area contributed by atoms with Gasteiger partial charge in [0.2, 0.25) is 0 Å². The molecular formula is C16H22N4OS. The molecule has 0 aromatic carbocycles. The van der Waals surface area contributed by atoms with Gasteiger partial charge in [-0.1, -0.05) is 0 Å². The summed E-state index contributed by atoms with van der Waals surface area (Å²) in [5, 5.41) is 3.22. The van der Waals surface area contributed by atoms with Crippen LogP contribution in [-0.2, 0) is 6.54 Å². The molecule has 0 N–H and O–H groups in total. The van der Waals surface area contributed by atoms with Gasteiger partial charge in [-0.05, 0) is 39.5 Å². The Bertz CT molecular complexity index is 713. The average Bonchev–Trinajstić information content (AvgIpc) is 2.95. The van der Waals surface area contributed by atoms with Crippen LogP contribution in [0.3, 0.4) is 0 Å². The predicted molar refractivity (Wildman–Crippen MR) is 89.8 cm³/mol. The Morgan fingerprint density at radius 2 is 2.00 bits per heavy atom. The van der Waals surface area contributed by atoms with Crippen LogP contribution in [0.15, 0.2) is 16.5 Å². The van der Waals surface area contributed by atoms with Gasteiger partial charge in [0.1, 0.15) is 0 Å². The Kier molecular flexibility index (Phi) is 4.29. The number of nitrogens with zero attached hydrogens (tertiary/aromatic N) is 4. The minimum Gasteiger partial charge on any atom is -0.348 e. The van der Waals surface area contributed by atoms with Crippen LogP contribution < -0.4 is 10.5 Å². The molecule has 0 spiro atoms. The van der Waals surface area contributed by atoms with Crippen LogP contribution in [-0.4, -0.2) is 27.6 Å². The SMILES string of the molecule is Cc1csc(N2CCC(Cn3cnc(C)c(C)c3=O)CC2)n1. The standard InChI is InChI=1S/C16H22N4OS/c1-11-9-22-16(18-11)19-6-4-14(5-7-19)8-20-10-17-13(3)12(2)15(20)21/h9-10,14H,4-8H2,1-3H3. The Hall–Kier alpha value is -1.69. The number of aromatic nitrogens is 3. The van der Waals surface area contributed by atoms with Crippen LogP contribution in [0, 0.1) is 26.7 Å². The number of thiazole rings is 1. The zero-order chi connectivity index (χ0) is 15.7. The maximum absolute atomic E-state index is 12.3. The summed E-state index contributed by atoms with van der Waals surface area (Å²) in [7, 11) is 0. The van der Waals surface area contributed by atoms with E-state index in [0.29, 0.717) is 5.92 Å². The van der Waals surface area contributed by atoms with Crippen molar-refractivity contribution in [2.45, 2.75) is 40.2 Å². The van der Waals surface area contributed by atoms with E-state index in [1.807, 2.05) is 20.8 Å². The Labute approximate surface area is 134 Å². The fourth-order valence-corrected chi connectivity index (χ4v) is 3.73. The first-order valence-electron chi connectivity index (χ1n) is 7.74. The summed E-state index contributed by atoms with van der Waals surface area (Å²) in [6, 6.07) is 0. The van der Waals surface area contributed by atoms with Gasteiger partial charge < -0.3 is 4.90 Å². The van der Waals surface area contributed by atoms with Crippen molar-refractivity contribution in [2.24, 2.45) is 5.92 Å². The van der Waals surface area contributed by atoms with Crippen molar-refractivity contribution in [3.05, 3.63) is 39.0 Å². The molecule has 0 saturated carbocycles. The number of aryl methyl sites for hydroxylation is 2. The molecule has 22 heavy (non-hydrogen) atoms. The van der Waals surface area contributed by atoms with Crippen molar-refractivity contribution in [3.63, 3.8) is 0 Å². The van der Waals surface area contributed by atoms with Crippen LogP contribution >= 0.6 is 11.3 Å². The van der Waals surface area contributed by atoms with E-state index in [1.165, 1.54) is 0 Å². The minimum atomic E-state index is 0.102. The van der Waals surface area contributed by atoms with E-state index in [9.17, 15) is 4.79 Å². The molecular weight excluding hydrogens is 296 g/mol. The second-order valence-electron chi connectivity index (χ2n) is 6.11. The van der Waals surface area contributed by atoms with Crippen LogP contribution in [0.2, 0.25) is 0 Å². The van der Waals surface area contributed by atoms with Crippen LogP contribution in [0.25, 0.3) is 0 Å². The molecule has 1 fully saturated rings. The summed E-state index contributed by atoms with van der Waals surface area (Å²) in [5.41, 5.74) is 2.79. The quantitative estimate of drug-likeness (QED) is 0.873. The summed E-state index contributed by atoms with van der Waals surface area (Å²) in [6.45, 7) is 8.59. The zero-order valence-corrected chi connectivity index (χ0v) is 14.2. The highest BCUT2D eigenvalue weighted by Gasteiger charge is 2.22. The molecule has 0 unspecified atom stereocenters. The first kappa shape index (κ1) is 15.2. The third-order valence-electron chi connectivity index (χ3n) is 4.46. The fraction of sp³-hybridized carbons (Fsp3) is 0.562. The van der Waals surface area contributed by atoms with Gasteiger partial charge in [-0.2, -0.15) is 0 Å². The van der Waals surface area contributed by atoms with Crippen molar-refractivity contribution < 1.29 is 0 Å². The number of piperidine rings is 1. The van der Waals surface area contributed by atoms with Gasteiger partial charge in [0.05, 0.1) is 12.0 Å². The maximum Gasteiger partial charge on any atom is 0.256 e. The van der Waals surface area contributed by atoms with E-state index >= 15 is 0 Å². The van der Waals surface area contributed by atoms with Gasteiger partial charge >= 0.3 is 0 Å². The molecule has 3 heterocycles. The molecule has 1 saturated heterocycles. The molecule has 2 aromatic rings. The molecule has 0 bridgehead atoms. The lowest BCUT2D eigenvalue weighted by Crippen LogP contribution is -2.36. The molecule has 3 rings (SSSR count). The highest BCUT2D eigenvalue weighted by molar-refractivity contribution is 7.13.